The minimum Gasteiger partial charge on any atom is -0.357 e. The van der Waals surface area contributed by atoms with Crippen LogP contribution in [0.4, 0.5) is 5.82 Å². The summed E-state index contributed by atoms with van der Waals surface area (Å²) in [5.74, 6) is 0.391. The number of hydrogen-bond acceptors (Lipinski definition) is 6. The van der Waals surface area contributed by atoms with Crippen LogP contribution in [0.25, 0.3) is 22.2 Å². The van der Waals surface area contributed by atoms with E-state index in [1.165, 1.54) is 4.88 Å². The van der Waals surface area contributed by atoms with Crippen molar-refractivity contribution in [2.24, 2.45) is 7.05 Å². The second kappa shape index (κ2) is 7.75. The van der Waals surface area contributed by atoms with E-state index in [1.807, 2.05) is 30.6 Å². The van der Waals surface area contributed by atoms with E-state index in [4.69, 9.17) is 4.98 Å². The van der Waals surface area contributed by atoms with E-state index < -0.39 is 0 Å². The fourth-order valence-corrected chi connectivity index (χ4v) is 4.80. The van der Waals surface area contributed by atoms with Crippen LogP contribution >= 0.6 is 11.3 Å². The zero-order chi connectivity index (χ0) is 21.5. The van der Waals surface area contributed by atoms with Crippen LogP contribution in [0.1, 0.15) is 16.1 Å². The first-order valence-corrected chi connectivity index (χ1v) is 11.0. The number of nitrogens with one attached hydrogen (secondary N) is 2. The maximum Gasteiger partial charge on any atom is 0.274 e. The molecule has 0 saturated heterocycles. The van der Waals surface area contributed by atoms with Crippen LogP contribution in [-0.2, 0) is 24.8 Å². The van der Waals surface area contributed by atoms with Crippen LogP contribution in [0.5, 0.6) is 0 Å². The van der Waals surface area contributed by atoms with Gasteiger partial charge in [-0.2, -0.15) is 0 Å². The van der Waals surface area contributed by atoms with Gasteiger partial charge in [0.05, 0.1) is 23.4 Å². The summed E-state index contributed by atoms with van der Waals surface area (Å²) in [5.41, 5.74) is 5.95. The number of fused-ring (bicyclic) bond motifs is 2. The van der Waals surface area contributed by atoms with Crippen molar-refractivity contribution in [3.63, 3.8) is 0 Å². The lowest BCUT2D eigenvalue weighted by Crippen LogP contribution is -2.37. The number of aromatic amines is 1. The van der Waals surface area contributed by atoms with Crippen molar-refractivity contribution in [1.82, 2.24) is 24.4 Å². The van der Waals surface area contributed by atoms with Crippen LogP contribution < -0.4 is 10.9 Å². The average molecular weight is 435 g/mol. The first-order chi connectivity index (χ1) is 15.0. The Morgan fingerprint density at radius 3 is 3.06 bits per heavy atom. The molecule has 4 aromatic heterocycles. The third-order valence-electron chi connectivity index (χ3n) is 5.63. The largest absolute Gasteiger partial charge is 0.357 e. The number of anilines is 1. The van der Waals surface area contributed by atoms with Gasteiger partial charge in [0.2, 0.25) is 5.91 Å². The molecule has 0 bridgehead atoms. The van der Waals surface area contributed by atoms with Crippen molar-refractivity contribution in [1.29, 1.82) is 0 Å². The van der Waals surface area contributed by atoms with Crippen molar-refractivity contribution in [3.8, 4) is 11.3 Å². The van der Waals surface area contributed by atoms with E-state index in [0.29, 0.717) is 24.4 Å². The number of H-pyrrole nitrogens is 1. The molecule has 0 fully saturated rings. The van der Waals surface area contributed by atoms with Gasteiger partial charge in [-0.1, -0.05) is 6.07 Å². The quantitative estimate of drug-likeness (QED) is 0.515. The lowest BCUT2D eigenvalue weighted by atomic mass is 10.0. The number of hydrogen-bond donors (Lipinski definition) is 2. The van der Waals surface area contributed by atoms with Crippen LogP contribution in [0, 0.1) is 6.92 Å². The molecule has 1 aliphatic rings. The summed E-state index contributed by atoms with van der Waals surface area (Å²) >= 11 is 1.68. The van der Waals surface area contributed by atoms with Gasteiger partial charge in [-0.15, -0.1) is 11.3 Å². The molecule has 2 N–H and O–H groups in total. The number of rotatable bonds is 4. The first-order valence-electron chi connectivity index (χ1n) is 10.1. The van der Waals surface area contributed by atoms with Gasteiger partial charge in [-0.25, -0.2) is 9.97 Å². The summed E-state index contributed by atoms with van der Waals surface area (Å²) in [6.07, 6.45) is 4.47. The molecule has 1 amide bonds. The Hall–Kier alpha value is -3.30. The summed E-state index contributed by atoms with van der Waals surface area (Å²) in [7, 11) is 1.72. The minimum atomic E-state index is -0.103. The molecule has 1 aliphatic heterocycles. The number of aromatic nitrogens is 4. The fraction of sp³-hybridized carbons (Fsp3) is 0.273. The Kier molecular flexibility index (Phi) is 4.91. The van der Waals surface area contributed by atoms with Crippen LogP contribution in [0.3, 0.4) is 0 Å². The van der Waals surface area contributed by atoms with Crippen LogP contribution in [0.2, 0.25) is 0 Å². The van der Waals surface area contributed by atoms with E-state index >= 15 is 0 Å². The smallest absolute Gasteiger partial charge is 0.274 e. The van der Waals surface area contributed by atoms with Gasteiger partial charge in [0.15, 0.2) is 0 Å². The van der Waals surface area contributed by atoms with E-state index in [-0.39, 0.29) is 11.5 Å². The molecule has 0 radical (unpaired) electrons. The van der Waals surface area contributed by atoms with Gasteiger partial charge < -0.3 is 14.9 Å². The van der Waals surface area contributed by atoms with Gasteiger partial charge >= 0.3 is 0 Å². The minimum absolute atomic E-state index is 0.0874. The fourth-order valence-electron chi connectivity index (χ4n) is 4.03. The van der Waals surface area contributed by atoms with Gasteiger partial charge in [0.1, 0.15) is 11.3 Å². The summed E-state index contributed by atoms with van der Waals surface area (Å²) < 4.78 is 1.55. The predicted molar refractivity (Wildman–Crippen MR) is 121 cm³/mol. The Morgan fingerprint density at radius 2 is 2.19 bits per heavy atom. The molecule has 158 valence electrons. The van der Waals surface area contributed by atoms with Crippen molar-refractivity contribution in [2.45, 2.75) is 19.9 Å². The number of pyridine rings is 2. The summed E-state index contributed by atoms with van der Waals surface area (Å²) in [4.78, 5) is 40.6. The highest BCUT2D eigenvalue weighted by Crippen LogP contribution is 2.28. The van der Waals surface area contributed by atoms with Crippen molar-refractivity contribution in [3.05, 3.63) is 62.6 Å². The lowest BCUT2D eigenvalue weighted by Gasteiger charge is -2.25. The number of thiazole rings is 1. The predicted octanol–water partition coefficient (Wildman–Crippen LogP) is 2.69. The Balaban J connectivity index is 1.38. The second-order valence-electron chi connectivity index (χ2n) is 7.82. The number of carbonyl (C=O) groups excluding carboxylic acids is 1. The Bertz CT molecular complexity index is 1350. The van der Waals surface area contributed by atoms with Crippen molar-refractivity contribution in [2.75, 3.05) is 18.4 Å². The molecular weight excluding hydrogens is 412 g/mol. The number of amides is 1. The van der Waals surface area contributed by atoms with Gasteiger partial charge in [-0.05, 0) is 31.0 Å². The number of aryl methyl sites for hydroxylation is 2. The molecule has 0 unspecified atom stereocenters. The van der Waals surface area contributed by atoms with Gasteiger partial charge in [0.25, 0.3) is 5.56 Å². The topological polar surface area (TPSA) is 95.9 Å². The van der Waals surface area contributed by atoms with Crippen LogP contribution in [0.15, 0.2) is 40.9 Å². The summed E-state index contributed by atoms with van der Waals surface area (Å²) in [5, 5.41) is 3.74. The normalized spacial score (nSPS) is 14.0. The van der Waals surface area contributed by atoms with E-state index in [0.717, 1.165) is 40.9 Å². The molecule has 5 rings (SSSR count). The highest BCUT2D eigenvalue weighted by Gasteiger charge is 2.21. The third kappa shape index (κ3) is 3.66. The number of nitrogens with zero attached hydrogens (tertiary/aromatic N) is 4. The highest BCUT2D eigenvalue weighted by molar-refractivity contribution is 7.09. The van der Waals surface area contributed by atoms with Crippen molar-refractivity contribution >= 4 is 34.0 Å². The Morgan fingerprint density at radius 1 is 1.32 bits per heavy atom. The van der Waals surface area contributed by atoms with Crippen LogP contribution in [-0.4, -0.2) is 43.4 Å². The maximum atomic E-state index is 12.7. The molecule has 0 aromatic carbocycles. The molecule has 0 saturated carbocycles. The SMILES string of the molecule is Cc1ccc(NC(=O)CN2CCc3scnc3C2)nc1-c1cn(C)c(=O)c2[nH]ccc12. The summed E-state index contributed by atoms with van der Waals surface area (Å²) in [6, 6.07) is 5.62. The van der Waals surface area contributed by atoms with E-state index in [1.54, 1.807) is 35.3 Å². The third-order valence-corrected chi connectivity index (χ3v) is 6.57. The van der Waals surface area contributed by atoms with Gasteiger partial charge in [0, 0.05) is 48.4 Å². The second-order valence-corrected chi connectivity index (χ2v) is 8.76. The van der Waals surface area contributed by atoms with Crippen molar-refractivity contribution < 1.29 is 4.79 Å². The monoisotopic (exact) mass is 434 g/mol. The molecule has 0 aliphatic carbocycles. The molecule has 4 aromatic rings. The van der Waals surface area contributed by atoms with E-state index in [2.05, 4.69) is 20.2 Å². The first kappa shape index (κ1) is 19.7. The zero-order valence-corrected chi connectivity index (χ0v) is 18.1. The molecular formula is C22H22N6O2S. The van der Waals surface area contributed by atoms with Gasteiger partial charge in [-0.3, -0.25) is 14.5 Å². The molecule has 0 atom stereocenters. The molecule has 9 heteroatoms. The Labute approximate surface area is 182 Å². The van der Waals surface area contributed by atoms with E-state index in [9.17, 15) is 9.59 Å². The highest BCUT2D eigenvalue weighted by atomic mass is 32.1. The number of carbonyl (C=O) groups is 1. The maximum absolute atomic E-state index is 12.7. The standard InChI is InChI=1S/C22H22N6O2S/c1-13-3-4-18(25-19(29)11-28-8-6-17-16(10-28)24-12-31-17)26-20(13)15-9-27(2)22(30)21-14(15)5-7-23-21/h3-5,7,9,12,23H,6,8,10-11H2,1-2H3,(H,25,26,29). The molecule has 0 spiro atoms. The lowest BCUT2D eigenvalue weighted by molar-refractivity contribution is -0.117. The molecule has 8 nitrogen and oxygen atoms in total. The molecule has 5 heterocycles. The molecule has 31 heavy (non-hydrogen) atoms. The summed E-state index contributed by atoms with van der Waals surface area (Å²) in [6.45, 7) is 3.81. The zero-order valence-electron chi connectivity index (χ0n) is 17.3. The average Bonchev–Trinajstić information content (AvgIpc) is 3.41.